The minimum Gasteiger partial charge on any atom is -0.484 e. The molecule has 0 saturated carbocycles. The first-order chi connectivity index (χ1) is 13.3. The van der Waals surface area contributed by atoms with E-state index >= 15 is 0 Å². The van der Waals surface area contributed by atoms with Crippen LogP contribution in [0, 0.1) is 13.8 Å². The van der Waals surface area contributed by atoms with E-state index in [1.165, 1.54) is 10.5 Å². The van der Waals surface area contributed by atoms with Crippen molar-refractivity contribution in [3.05, 3.63) is 41.9 Å². The standard InChI is InChI=1S/C19H26N4O4S/c1-15-7-4-5-8-17(15)27-14-19(24)22-9-6-10-23(12-11-22)28(25,26)18-13-21(3)16(2)20-18/h4-5,7-8,13H,6,9-12,14H2,1-3H3. The van der Waals surface area contributed by atoms with Gasteiger partial charge in [0.05, 0.1) is 0 Å². The molecule has 0 spiro atoms. The molecular weight excluding hydrogens is 380 g/mol. The first-order valence-electron chi connectivity index (χ1n) is 9.25. The van der Waals surface area contributed by atoms with Gasteiger partial charge >= 0.3 is 0 Å². The number of benzene rings is 1. The molecule has 0 atom stereocenters. The molecule has 1 saturated heterocycles. The lowest BCUT2D eigenvalue weighted by Crippen LogP contribution is -2.39. The number of ether oxygens (including phenoxy) is 1. The number of sulfonamides is 1. The smallest absolute Gasteiger partial charge is 0.262 e. The van der Waals surface area contributed by atoms with Crippen molar-refractivity contribution >= 4 is 15.9 Å². The zero-order valence-corrected chi connectivity index (χ0v) is 17.3. The summed E-state index contributed by atoms with van der Waals surface area (Å²) in [5, 5.41) is 0.0511. The molecule has 8 nitrogen and oxygen atoms in total. The van der Waals surface area contributed by atoms with Gasteiger partial charge in [-0.25, -0.2) is 13.4 Å². The number of rotatable bonds is 5. The Kier molecular flexibility index (Phi) is 6.04. The highest BCUT2D eigenvalue weighted by atomic mass is 32.2. The molecular formula is C19H26N4O4S. The average molecular weight is 407 g/mol. The van der Waals surface area contributed by atoms with Gasteiger partial charge in [-0.2, -0.15) is 4.31 Å². The number of amides is 1. The Balaban J connectivity index is 1.61. The molecule has 152 valence electrons. The van der Waals surface area contributed by atoms with Crippen LogP contribution in [-0.2, 0) is 21.9 Å². The molecule has 1 aliphatic rings. The van der Waals surface area contributed by atoms with Crippen LogP contribution in [0.25, 0.3) is 0 Å². The molecule has 0 radical (unpaired) electrons. The Morgan fingerprint density at radius 3 is 2.57 bits per heavy atom. The van der Waals surface area contributed by atoms with Crippen molar-refractivity contribution in [2.75, 3.05) is 32.8 Å². The van der Waals surface area contributed by atoms with E-state index in [1.807, 2.05) is 31.2 Å². The average Bonchev–Trinajstić information content (AvgIpc) is 2.87. The van der Waals surface area contributed by atoms with Crippen LogP contribution < -0.4 is 4.74 Å². The normalized spacial score (nSPS) is 16.0. The van der Waals surface area contributed by atoms with Crippen LogP contribution in [0.2, 0.25) is 0 Å². The third-order valence-electron chi connectivity index (χ3n) is 4.94. The fourth-order valence-electron chi connectivity index (χ4n) is 3.12. The van der Waals surface area contributed by atoms with Crippen molar-refractivity contribution in [3.8, 4) is 5.75 Å². The van der Waals surface area contributed by atoms with E-state index in [9.17, 15) is 13.2 Å². The second-order valence-electron chi connectivity index (χ2n) is 6.93. The van der Waals surface area contributed by atoms with Crippen molar-refractivity contribution in [1.82, 2.24) is 18.8 Å². The summed E-state index contributed by atoms with van der Waals surface area (Å²) in [6, 6.07) is 7.53. The Bertz CT molecular complexity index is 935. The van der Waals surface area contributed by atoms with Gasteiger partial charge < -0.3 is 14.2 Å². The molecule has 1 aliphatic heterocycles. The number of para-hydroxylation sites is 1. The molecule has 1 amide bonds. The Labute approximate surface area is 165 Å². The number of imidazole rings is 1. The molecule has 1 fully saturated rings. The van der Waals surface area contributed by atoms with Gasteiger partial charge in [0.25, 0.3) is 15.9 Å². The SMILES string of the molecule is Cc1ccccc1OCC(=O)N1CCCN(S(=O)(=O)c2cn(C)c(C)n2)CC1. The number of hydrogen-bond acceptors (Lipinski definition) is 5. The van der Waals surface area contributed by atoms with E-state index in [1.54, 1.807) is 23.4 Å². The predicted molar refractivity (Wildman–Crippen MR) is 105 cm³/mol. The molecule has 0 unspecified atom stereocenters. The van der Waals surface area contributed by atoms with Crippen LogP contribution in [0.15, 0.2) is 35.5 Å². The Morgan fingerprint density at radius 1 is 1.14 bits per heavy atom. The van der Waals surface area contributed by atoms with Gasteiger partial charge in [-0.1, -0.05) is 18.2 Å². The minimum absolute atomic E-state index is 0.0511. The number of hydrogen-bond donors (Lipinski definition) is 0. The minimum atomic E-state index is -3.66. The zero-order valence-electron chi connectivity index (χ0n) is 16.5. The van der Waals surface area contributed by atoms with Gasteiger partial charge in [0.2, 0.25) is 0 Å². The van der Waals surface area contributed by atoms with E-state index in [-0.39, 0.29) is 24.1 Å². The summed E-state index contributed by atoms with van der Waals surface area (Å²) in [5.74, 6) is 1.18. The summed E-state index contributed by atoms with van der Waals surface area (Å²) < 4.78 is 34.4. The van der Waals surface area contributed by atoms with E-state index < -0.39 is 10.0 Å². The van der Waals surface area contributed by atoms with E-state index in [2.05, 4.69) is 4.98 Å². The van der Waals surface area contributed by atoms with Gasteiger partial charge in [0, 0.05) is 39.4 Å². The maximum atomic E-state index is 12.9. The zero-order chi connectivity index (χ0) is 20.3. The molecule has 9 heteroatoms. The Hall–Kier alpha value is -2.39. The fourth-order valence-corrected chi connectivity index (χ4v) is 4.61. The third kappa shape index (κ3) is 4.36. The van der Waals surface area contributed by atoms with Gasteiger partial charge in [-0.3, -0.25) is 4.79 Å². The summed E-state index contributed by atoms with van der Waals surface area (Å²) >= 11 is 0. The van der Waals surface area contributed by atoms with Crippen molar-refractivity contribution in [2.24, 2.45) is 7.05 Å². The number of carbonyl (C=O) groups excluding carboxylic acids is 1. The van der Waals surface area contributed by atoms with Crippen LogP contribution in [0.1, 0.15) is 17.8 Å². The van der Waals surface area contributed by atoms with Crippen LogP contribution in [0.4, 0.5) is 0 Å². The number of aryl methyl sites for hydroxylation is 3. The molecule has 2 heterocycles. The van der Waals surface area contributed by atoms with Crippen LogP contribution >= 0.6 is 0 Å². The molecule has 2 aromatic rings. The maximum absolute atomic E-state index is 12.9. The number of nitrogens with zero attached hydrogens (tertiary/aromatic N) is 4. The monoisotopic (exact) mass is 406 g/mol. The maximum Gasteiger partial charge on any atom is 0.262 e. The third-order valence-corrected chi connectivity index (χ3v) is 6.71. The highest BCUT2D eigenvalue weighted by Crippen LogP contribution is 2.18. The summed E-state index contributed by atoms with van der Waals surface area (Å²) in [5.41, 5.74) is 0.967. The fraction of sp³-hybridized carbons (Fsp3) is 0.474. The number of aromatic nitrogens is 2. The summed E-state index contributed by atoms with van der Waals surface area (Å²) in [6.07, 6.45) is 2.09. The van der Waals surface area contributed by atoms with E-state index in [4.69, 9.17) is 4.74 Å². The van der Waals surface area contributed by atoms with Crippen LogP contribution in [0.5, 0.6) is 5.75 Å². The lowest BCUT2D eigenvalue weighted by atomic mass is 10.2. The quantitative estimate of drug-likeness (QED) is 0.748. The van der Waals surface area contributed by atoms with Gasteiger partial charge in [-0.05, 0) is 31.9 Å². The first kappa shape index (κ1) is 20.3. The topological polar surface area (TPSA) is 84.7 Å². The molecule has 28 heavy (non-hydrogen) atoms. The van der Waals surface area contributed by atoms with Crippen molar-refractivity contribution in [2.45, 2.75) is 25.3 Å². The lowest BCUT2D eigenvalue weighted by molar-refractivity contribution is -0.133. The van der Waals surface area contributed by atoms with Gasteiger partial charge in [0.1, 0.15) is 11.6 Å². The second-order valence-corrected chi connectivity index (χ2v) is 8.81. The van der Waals surface area contributed by atoms with Crippen LogP contribution in [0.3, 0.4) is 0 Å². The molecule has 0 bridgehead atoms. The lowest BCUT2D eigenvalue weighted by Gasteiger charge is -2.21. The molecule has 1 aromatic carbocycles. The highest BCUT2D eigenvalue weighted by Gasteiger charge is 2.30. The summed E-state index contributed by atoms with van der Waals surface area (Å²) in [6.45, 7) is 5.07. The Morgan fingerprint density at radius 2 is 1.89 bits per heavy atom. The molecule has 0 aliphatic carbocycles. The number of carbonyl (C=O) groups is 1. The first-order valence-corrected chi connectivity index (χ1v) is 10.7. The largest absolute Gasteiger partial charge is 0.484 e. The predicted octanol–water partition coefficient (Wildman–Crippen LogP) is 1.34. The van der Waals surface area contributed by atoms with Crippen molar-refractivity contribution < 1.29 is 17.9 Å². The summed E-state index contributed by atoms with van der Waals surface area (Å²) in [7, 11) is -1.90. The van der Waals surface area contributed by atoms with E-state index in [0.717, 1.165) is 5.56 Å². The highest BCUT2D eigenvalue weighted by molar-refractivity contribution is 7.89. The summed E-state index contributed by atoms with van der Waals surface area (Å²) in [4.78, 5) is 18.3. The van der Waals surface area contributed by atoms with Crippen molar-refractivity contribution in [3.63, 3.8) is 0 Å². The molecule has 0 N–H and O–H groups in total. The molecule has 1 aromatic heterocycles. The second kappa shape index (κ2) is 8.32. The van der Waals surface area contributed by atoms with Gasteiger partial charge in [0.15, 0.2) is 11.6 Å². The molecule has 3 rings (SSSR count). The van der Waals surface area contributed by atoms with Gasteiger partial charge in [-0.15, -0.1) is 0 Å². The van der Waals surface area contributed by atoms with Crippen LogP contribution in [-0.4, -0.2) is 65.9 Å². The van der Waals surface area contributed by atoms with E-state index in [0.29, 0.717) is 37.6 Å². The van der Waals surface area contributed by atoms with Crippen molar-refractivity contribution in [1.29, 1.82) is 0 Å².